The number of benzene rings is 2. The lowest BCUT2D eigenvalue weighted by Crippen LogP contribution is -2.30. The number of rotatable bonds is 6. The van der Waals surface area contributed by atoms with E-state index in [9.17, 15) is 9.18 Å². The van der Waals surface area contributed by atoms with Gasteiger partial charge < -0.3 is 5.32 Å². The molecular formula is C18H20FNO. The van der Waals surface area contributed by atoms with Crippen molar-refractivity contribution in [3.63, 3.8) is 0 Å². The van der Waals surface area contributed by atoms with Gasteiger partial charge >= 0.3 is 0 Å². The highest BCUT2D eigenvalue weighted by Crippen LogP contribution is 2.19. The number of carbonyl (C=O) groups excluding carboxylic acids is 1. The van der Waals surface area contributed by atoms with Gasteiger partial charge in [-0.3, -0.25) is 4.79 Å². The maximum atomic E-state index is 12.8. The Balaban J connectivity index is 1.87. The van der Waals surface area contributed by atoms with Crippen LogP contribution in [0.3, 0.4) is 0 Å². The van der Waals surface area contributed by atoms with Crippen LogP contribution in [-0.4, -0.2) is 12.5 Å². The monoisotopic (exact) mass is 285 g/mol. The van der Waals surface area contributed by atoms with Crippen molar-refractivity contribution in [2.45, 2.75) is 25.7 Å². The molecule has 2 rings (SSSR count). The predicted octanol–water partition coefficient (Wildman–Crippen LogP) is 3.68. The Kier molecular flexibility index (Phi) is 5.50. The molecular weight excluding hydrogens is 265 g/mol. The highest BCUT2D eigenvalue weighted by Gasteiger charge is 2.17. The average molecular weight is 285 g/mol. The lowest BCUT2D eigenvalue weighted by Gasteiger charge is -2.15. The van der Waals surface area contributed by atoms with Gasteiger partial charge in [-0.1, -0.05) is 49.4 Å². The van der Waals surface area contributed by atoms with Crippen LogP contribution in [0.1, 0.15) is 30.4 Å². The molecule has 21 heavy (non-hydrogen) atoms. The molecule has 2 nitrogen and oxygen atoms in total. The first-order valence-electron chi connectivity index (χ1n) is 7.27. The molecule has 3 heteroatoms. The third-order valence-electron chi connectivity index (χ3n) is 3.55. The molecule has 1 N–H and O–H groups in total. The Morgan fingerprint density at radius 1 is 1.10 bits per heavy atom. The third-order valence-corrected chi connectivity index (χ3v) is 3.55. The minimum atomic E-state index is -0.238. The van der Waals surface area contributed by atoms with Gasteiger partial charge in [0.05, 0.1) is 5.92 Å². The van der Waals surface area contributed by atoms with Crippen molar-refractivity contribution < 1.29 is 9.18 Å². The Morgan fingerprint density at radius 2 is 1.76 bits per heavy atom. The minimum absolute atomic E-state index is 0.0470. The van der Waals surface area contributed by atoms with Crippen molar-refractivity contribution >= 4 is 5.91 Å². The van der Waals surface area contributed by atoms with E-state index < -0.39 is 0 Å². The van der Waals surface area contributed by atoms with Crippen molar-refractivity contribution in [2.75, 3.05) is 6.54 Å². The van der Waals surface area contributed by atoms with Crippen molar-refractivity contribution in [3.8, 4) is 0 Å². The van der Waals surface area contributed by atoms with Gasteiger partial charge in [-0.25, -0.2) is 4.39 Å². The van der Waals surface area contributed by atoms with Crippen LogP contribution >= 0.6 is 0 Å². The van der Waals surface area contributed by atoms with E-state index in [4.69, 9.17) is 0 Å². The maximum absolute atomic E-state index is 12.8. The van der Waals surface area contributed by atoms with Crippen molar-refractivity contribution in [1.29, 1.82) is 0 Å². The van der Waals surface area contributed by atoms with E-state index in [1.165, 1.54) is 12.1 Å². The first-order valence-corrected chi connectivity index (χ1v) is 7.27. The second kappa shape index (κ2) is 7.58. The average Bonchev–Trinajstić information content (AvgIpc) is 2.51. The number of hydrogen-bond donors (Lipinski definition) is 1. The van der Waals surface area contributed by atoms with Crippen LogP contribution in [0.25, 0.3) is 0 Å². The molecule has 0 aliphatic carbocycles. The molecule has 110 valence electrons. The summed E-state index contributed by atoms with van der Waals surface area (Å²) in [5.41, 5.74) is 2.06. The second-order valence-corrected chi connectivity index (χ2v) is 5.04. The van der Waals surface area contributed by atoms with E-state index in [1.807, 2.05) is 37.3 Å². The van der Waals surface area contributed by atoms with Gasteiger partial charge in [0.2, 0.25) is 5.91 Å². The van der Waals surface area contributed by atoms with E-state index >= 15 is 0 Å². The SMILES string of the molecule is CC[C@@H](C(=O)NCCc1ccc(F)cc1)c1ccccc1. The Hall–Kier alpha value is -2.16. The minimum Gasteiger partial charge on any atom is -0.355 e. The fourth-order valence-electron chi connectivity index (χ4n) is 2.36. The molecule has 0 heterocycles. The zero-order chi connectivity index (χ0) is 15.1. The van der Waals surface area contributed by atoms with E-state index in [-0.39, 0.29) is 17.6 Å². The normalized spacial score (nSPS) is 11.9. The Labute approximate surface area is 125 Å². The van der Waals surface area contributed by atoms with Gasteiger partial charge in [0.15, 0.2) is 0 Å². The highest BCUT2D eigenvalue weighted by atomic mass is 19.1. The number of halogens is 1. The van der Waals surface area contributed by atoms with E-state index in [0.717, 1.165) is 17.5 Å². The molecule has 0 aliphatic rings. The van der Waals surface area contributed by atoms with Gasteiger partial charge in [0, 0.05) is 6.54 Å². The summed E-state index contributed by atoms with van der Waals surface area (Å²) >= 11 is 0. The summed E-state index contributed by atoms with van der Waals surface area (Å²) in [6, 6.07) is 16.2. The second-order valence-electron chi connectivity index (χ2n) is 5.04. The summed E-state index contributed by atoms with van der Waals surface area (Å²) in [6.45, 7) is 2.57. The van der Waals surface area contributed by atoms with Crippen molar-refractivity contribution in [2.24, 2.45) is 0 Å². The summed E-state index contributed by atoms with van der Waals surface area (Å²) in [5.74, 6) is -0.303. The van der Waals surface area contributed by atoms with Gasteiger partial charge in [-0.15, -0.1) is 0 Å². The van der Waals surface area contributed by atoms with E-state index in [2.05, 4.69) is 5.32 Å². The molecule has 0 unspecified atom stereocenters. The molecule has 0 spiro atoms. The Bertz CT molecular complexity index is 566. The van der Waals surface area contributed by atoms with Gasteiger partial charge in [-0.2, -0.15) is 0 Å². The molecule has 0 aliphatic heterocycles. The smallest absolute Gasteiger partial charge is 0.227 e. The van der Waals surface area contributed by atoms with Crippen molar-refractivity contribution in [3.05, 3.63) is 71.5 Å². The summed E-state index contributed by atoms with van der Waals surface area (Å²) in [4.78, 5) is 12.2. The molecule has 0 fully saturated rings. The van der Waals surface area contributed by atoms with Crippen molar-refractivity contribution in [1.82, 2.24) is 5.32 Å². The summed E-state index contributed by atoms with van der Waals surface area (Å²) < 4.78 is 12.8. The molecule has 2 aromatic carbocycles. The molecule has 2 aromatic rings. The number of nitrogens with one attached hydrogen (secondary N) is 1. The molecule has 0 saturated heterocycles. The molecule has 1 amide bonds. The highest BCUT2D eigenvalue weighted by molar-refractivity contribution is 5.83. The zero-order valence-corrected chi connectivity index (χ0v) is 12.2. The molecule has 0 aromatic heterocycles. The van der Waals surface area contributed by atoms with Crippen LogP contribution in [0.2, 0.25) is 0 Å². The lowest BCUT2D eigenvalue weighted by atomic mass is 9.95. The van der Waals surface area contributed by atoms with Crippen LogP contribution in [0.4, 0.5) is 4.39 Å². The van der Waals surface area contributed by atoms with E-state index in [0.29, 0.717) is 13.0 Å². The van der Waals surface area contributed by atoms with Crippen LogP contribution in [-0.2, 0) is 11.2 Å². The summed E-state index contributed by atoms with van der Waals surface area (Å²) in [5, 5.41) is 2.96. The summed E-state index contributed by atoms with van der Waals surface area (Å²) in [7, 11) is 0. The maximum Gasteiger partial charge on any atom is 0.227 e. The number of amides is 1. The van der Waals surface area contributed by atoms with Crippen LogP contribution in [0, 0.1) is 5.82 Å². The van der Waals surface area contributed by atoms with Gasteiger partial charge in [0.1, 0.15) is 5.82 Å². The van der Waals surface area contributed by atoms with Gasteiger partial charge in [0.25, 0.3) is 0 Å². The molecule has 1 atom stereocenters. The molecule has 0 saturated carbocycles. The predicted molar refractivity (Wildman–Crippen MR) is 82.6 cm³/mol. The van der Waals surface area contributed by atoms with Crippen LogP contribution in [0.5, 0.6) is 0 Å². The number of hydrogen-bond acceptors (Lipinski definition) is 1. The van der Waals surface area contributed by atoms with Crippen LogP contribution < -0.4 is 5.32 Å². The topological polar surface area (TPSA) is 29.1 Å². The fourth-order valence-corrected chi connectivity index (χ4v) is 2.36. The Morgan fingerprint density at radius 3 is 2.38 bits per heavy atom. The molecule has 0 bridgehead atoms. The third kappa shape index (κ3) is 4.42. The number of carbonyl (C=O) groups is 1. The summed E-state index contributed by atoms with van der Waals surface area (Å²) in [6.07, 6.45) is 1.48. The fraction of sp³-hybridized carbons (Fsp3) is 0.278. The standard InChI is InChI=1S/C18H20FNO/c1-2-17(15-6-4-3-5-7-15)18(21)20-13-12-14-8-10-16(19)11-9-14/h3-11,17H,2,12-13H2,1H3,(H,20,21)/t17-/m1/s1. The first-order chi connectivity index (χ1) is 10.2. The van der Waals surface area contributed by atoms with Crippen LogP contribution in [0.15, 0.2) is 54.6 Å². The molecule has 0 radical (unpaired) electrons. The first kappa shape index (κ1) is 15.2. The van der Waals surface area contributed by atoms with Gasteiger partial charge in [-0.05, 0) is 36.1 Å². The largest absolute Gasteiger partial charge is 0.355 e. The van der Waals surface area contributed by atoms with E-state index in [1.54, 1.807) is 12.1 Å². The lowest BCUT2D eigenvalue weighted by molar-refractivity contribution is -0.122. The zero-order valence-electron chi connectivity index (χ0n) is 12.2. The quantitative estimate of drug-likeness (QED) is 0.862.